The van der Waals surface area contributed by atoms with E-state index in [0.717, 1.165) is 0 Å². The highest BCUT2D eigenvalue weighted by molar-refractivity contribution is 5.96. The minimum absolute atomic E-state index is 0.00639. The maximum Gasteiger partial charge on any atom is 0.189 e. The third kappa shape index (κ3) is 1.52. The summed E-state index contributed by atoms with van der Waals surface area (Å²) in [6, 6.07) is 0. The average Bonchev–Trinajstić information content (AvgIpc) is 2.49. The van der Waals surface area contributed by atoms with Crippen LogP contribution in [0.1, 0.15) is 37.0 Å². The number of Topliss-reactive ketones (excluding diaryl/α,β-unsaturated/α-hetero) is 1. The van der Waals surface area contributed by atoms with Crippen molar-refractivity contribution in [1.29, 1.82) is 0 Å². The van der Waals surface area contributed by atoms with E-state index in [0.29, 0.717) is 17.8 Å². The van der Waals surface area contributed by atoms with Crippen LogP contribution in [0.4, 0.5) is 0 Å². The van der Waals surface area contributed by atoms with E-state index in [1.807, 2.05) is 20.8 Å². The molecule has 0 saturated heterocycles. The summed E-state index contributed by atoms with van der Waals surface area (Å²) >= 11 is 0. The molecular formula is C8H12N2O2. The number of aryl methyl sites for hydroxylation is 1. The van der Waals surface area contributed by atoms with Crippen LogP contribution in [-0.4, -0.2) is 16.1 Å². The number of hydrogen-bond donors (Lipinski definition) is 0. The predicted molar refractivity (Wildman–Crippen MR) is 42.8 cm³/mol. The maximum atomic E-state index is 11.4. The lowest BCUT2D eigenvalue weighted by Gasteiger charge is -1.98. The SMILES string of the molecule is CCc1nonc1C(=O)C(C)C. The van der Waals surface area contributed by atoms with Crippen molar-refractivity contribution in [3.8, 4) is 0 Å². The number of carbonyl (C=O) groups excluding carboxylic acids is 1. The Morgan fingerprint density at radius 2 is 2.17 bits per heavy atom. The Morgan fingerprint density at radius 1 is 1.50 bits per heavy atom. The highest BCUT2D eigenvalue weighted by Crippen LogP contribution is 2.09. The third-order valence-corrected chi connectivity index (χ3v) is 1.65. The van der Waals surface area contributed by atoms with Gasteiger partial charge in [0.2, 0.25) is 0 Å². The van der Waals surface area contributed by atoms with E-state index in [1.165, 1.54) is 0 Å². The van der Waals surface area contributed by atoms with Gasteiger partial charge in [0.1, 0.15) is 5.69 Å². The Kier molecular flexibility index (Phi) is 2.58. The third-order valence-electron chi connectivity index (χ3n) is 1.65. The molecule has 1 aromatic heterocycles. The maximum absolute atomic E-state index is 11.4. The summed E-state index contributed by atoms with van der Waals surface area (Å²) in [5.41, 5.74) is 1.03. The van der Waals surface area contributed by atoms with Crippen LogP contribution in [0.2, 0.25) is 0 Å². The van der Waals surface area contributed by atoms with E-state index in [2.05, 4.69) is 14.9 Å². The van der Waals surface area contributed by atoms with Crippen LogP contribution >= 0.6 is 0 Å². The fourth-order valence-electron chi connectivity index (χ4n) is 0.899. The average molecular weight is 168 g/mol. The zero-order valence-electron chi connectivity index (χ0n) is 7.50. The van der Waals surface area contributed by atoms with Crippen LogP contribution in [0.25, 0.3) is 0 Å². The van der Waals surface area contributed by atoms with Gasteiger partial charge in [-0.3, -0.25) is 4.79 Å². The number of ketones is 1. The van der Waals surface area contributed by atoms with Gasteiger partial charge in [0.05, 0.1) is 0 Å². The van der Waals surface area contributed by atoms with Gasteiger partial charge in [-0.1, -0.05) is 25.9 Å². The van der Waals surface area contributed by atoms with Gasteiger partial charge in [0, 0.05) is 5.92 Å². The van der Waals surface area contributed by atoms with Crippen LogP contribution in [-0.2, 0) is 6.42 Å². The van der Waals surface area contributed by atoms with E-state index in [1.54, 1.807) is 0 Å². The van der Waals surface area contributed by atoms with Gasteiger partial charge >= 0.3 is 0 Å². The quantitative estimate of drug-likeness (QED) is 0.641. The molecule has 4 heteroatoms. The van der Waals surface area contributed by atoms with E-state index in [9.17, 15) is 4.79 Å². The molecular weight excluding hydrogens is 156 g/mol. The molecule has 0 amide bonds. The van der Waals surface area contributed by atoms with Gasteiger partial charge in [-0.25, -0.2) is 4.63 Å². The first-order chi connectivity index (χ1) is 5.66. The van der Waals surface area contributed by atoms with E-state index in [-0.39, 0.29) is 11.7 Å². The Labute approximate surface area is 70.9 Å². The summed E-state index contributed by atoms with van der Waals surface area (Å²) in [5.74, 6) is -0.0599. The normalized spacial score (nSPS) is 10.7. The summed E-state index contributed by atoms with van der Waals surface area (Å²) in [7, 11) is 0. The summed E-state index contributed by atoms with van der Waals surface area (Å²) < 4.78 is 4.49. The number of carbonyl (C=O) groups is 1. The van der Waals surface area contributed by atoms with Gasteiger partial charge in [-0.15, -0.1) is 0 Å². The van der Waals surface area contributed by atoms with Crippen molar-refractivity contribution in [2.45, 2.75) is 27.2 Å². The van der Waals surface area contributed by atoms with Crippen molar-refractivity contribution in [2.75, 3.05) is 0 Å². The first-order valence-electron chi connectivity index (χ1n) is 4.02. The molecule has 1 heterocycles. The van der Waals surface area contributed by atoms with Gasteiger partial charge in [0.25, 0.3) is 0 Å². The largest absolute Gasteiger partial charge is 0.292 e. The zero-order chi connectivity index (χ0) is 9.14. The number of aromatic nitrogens is 2. The molecule has 0 atom stereocenters. The molecule has 1 aromatic rings. The van der Waals surface area contributed by atoms with Crippen molar-refractivity contribution < 1.29 is 9.42 Å². The minimum Gasteiger partial charge on any atom is -0.292 e. The van der Waals surface area contributed by atoms with Crippen molar-refractivity contribution in [3.63, 3.8) is 0 Å². The molecule has 0 aliphatic heterocycles. The highest BCUT2D eigenvalue weighted by Gasteiger charge is 2.19. The highest BCUT2D eigenvalue weighted by atomic mass is 16.6. The molecule has 0 saturated carbocycles. The minimum atomic E-state index is -0.0535. The summed E-state index contributed by atoms with van der Waals surface area (Å²) in [5, 5.41) is 7.20. The molecule has 0 bridgehead atoms. The Morgan fingerprint density at radius 3 is 2.67 bits per heavy atom. The van der Waals surface area contributed by atoms with E-state index in [4.69, 9.17) is 0 Å². The molecule has 12 heavy (non-hydrogen) atoms. The number of hydrogen-bond acceptors (Lipinski definition) is 4. The molecule has 0 aliphatic rings. The van der Waals surface area contributed by atoms with Gasteiger partial charge < -0.3 is 0 Å². The van der Waals surface area contributed by atoms with Gasteiger partial charge in [-0.2, -0.15) is 0 Å². The summed E-state index contributed by atoms with van der Waals surface area (Å²) in [6.07, 6.45) is 0.678. The van der Waals surface area contributed by atoms with E-state index < -0.39 is 0 Å². The Balaban J connectivity index is 2.94. The molecule has 4 nitrogen and oxygen atoms in total. The summed E-state index contributed by atoms with van der Waals surface area (Å²) in [4.78, 5) is 11.4. The lowest BCUT2D eigenvalue weighted by atomic mass is 10.0. The van der Waals surface area contributed by atoms with Gasteiger partial charge in [-0.05, 0) is 11.6 Å². The fraction of sp³-hybridized carbons (Fsp3) is 0.625. The molecule has 1 rings (SSSR count). The molecule has 0 N–H and O–H groups in total. The topological polar surface area (TPSA) is 56.0 Å². The van der Waals surface area contributed by atoms with Crippen molar-refractivity contribution in [1.82, 2.24) is 10.3 Å². The zero-order valence-corrected chi connectivity index (χ0v) is 7.50. The van der Waals surface area contributed by atoms with Crippen LogP contribution < -0.4 is 0 Å². The van der Waals surface area contributed by atoms with Crippen LogP contribution in [0.3, 0.4) is 0 Å². The first-order valence-corrected chi connectivity index (χ1v) is 4.02. The monoisotopic (exact) mass is 168 g/mol. The summed E-state index contributed by atoms with van der Waals surface area (Å²) in [6.45, 7) is 5.57. The fourth-order valence-corrected chi connectivity index (χ4v) is 0.899. The molecule has 0 radical (unpaired) electrons. The lowest BCUT2D eigenvalue weighted by molar-refractivity contribution is 0.0929. The molecule has 66 valence electrons. The van der Waals surface area contributed by atoms with Crippen LogP contribution in [0.5, 0.6) is 0 Å². The van der Waals surface area contributed by atoms with E-state index >= 15 is 0 Å². The van der Waals surface area contributed by atoms with Gasteiger partial charge in [0.15, 0.2) is 11.5 Å². The lowest BCUT2D eigenvalue weighted by Crippen LogP contribution is -2.10. The molecule has 0 aliphatic carbocycles. The number of nitrogens with zero attached hydrogens (tertiary/aromatic N) is 2. The smallest absolute Gasteiger partial charge is 0.189 e. The Hall–Kier alpha value is -1.19. The first kappa shape index (κ1) is 8.90. The van der Waals surface area contributed by atoms with Crippen LogP contribution in [0.15, 0.2) is 4.63 Å². The Bertz CT molecular complexity index is 278. The molecule has 0 spiro atoms. The molecule has 0 fully saturated rings. The molecule has 0 unspecified atom stereocenters. The molecule has 0 aromatic carbocycles. The van der Waals surface area contributed by atoms with Crippen molar-refractivity contribution >= 4 is 5.78 Å². The van der Waals surface area contributed by atoms with Crippen molar-refractivity contribution in [3.05, 3.63) is 11.4 Å². The van der Waals surface area contributed by atoms with Crippen molar-refractivity contribution in [2.24, 2.45) is 5.92 Å². The second-order valence-electron chi connectivity index (χ2n) is 2.93. The second kappa shape index (κ2) is 3.47. The number of rotatable bonds is 3. The standard InChI is InChI=1S/C8H12N2O2/c1-4-6-7(10-12-9-6)8(11)5(2)3/h5H,4H2,1-3H3. The predicted octanol–water partition coefficient (Wildman–Crippen LogP) is 1.47. The van der Waals surface area contributed by atoms with Crippen LogP contribution in [0, 0.1) is 5.92 Å². The second-order valence-corrected chi connectivity index (χ2v) is 2.93.